The molecule has 18 heavy (non-hydrogen) atoms. The van der Waals surface area contributed by atoms with E-state index in [1.807, 2.05) is 13.0 Å². The SMILES string of the molecule is CCOP(=O)(CC=CC(C)C(OC)OC)OCC. The van der Waals surface area contributed by atoms with Crippen LogP contribution >= 0.6 is 7.60 Å². The number of hydrogen-bond acceptors (Lipinski definition) is 5. The van der Waals surface area contributed by atoms with Crippen molar-refractivity contribution >= 4 is 7.60 Å². The Hall–Kier alpha value is -0.190. The molecule has 1 unspecified atom stereocenters. The third kappa shape index (κ3) is 6.66. The molecule has 0 spiro atoms. The predicted octanol–water partition coefficient (Wildman–Crippen LogP) is 3.06. The third-order valence-electron chi connectivity index (χ3n) is 2.31. The Morgan fingerprint density at radius 1 is 1.11 bits per heavy atom. The number of allylic oxidation sites excluding steroid dienone is 1. The van der Waals surface area contributed by atoms with Crippen molar-refractivity contribution in [2.75, 3.05) is 33.6 Å². The molecule has 6 heteroatoms. The molecule has 0 aliphatic rings. The van der Waals surface area contributed by atoms with Gasteiger partial charge in [0.25, 0.3) is 0 Å². The standard InChI is InChI=1S/C12H25O5P/c1-6-16-18(13,17-7-2)10-8-9-11(3)12(14-4)15-5/h8-9,11-12H,6-7,10H2,1-5H3. The molecule has 0 radical (unpaired) electrons. The van der Waals surface area contributed by atoms with E-state index in [2.05, 4.69) is 0 Å². The first-order valence-corrected chi connectivity index (χ1v) is 7.86. The highest BCUT2D eigenvalue weighted by molar-refractivity contribution is 7.54. The summed E-state index contributed by atoms with van der Waals surface area (Å²) in [5, 5.41) is 0. The van der Waals surface area contributed by atoms with Crippen molar-refractivity contribution in [3.05, 3.63) is 12.2 Å². The minimum Gasteiger partial charge on any atom is -0.355 e. The van der Waals surface area contributed by atoms with Gasteiger partial charge >= 0.3 is 7.60 Å². The second-order valence-corrected chi connectivity index (χ2v) is 5.86. The summed E-state index contributed by atoms with van der Waals surface area (Å²) in [7, 11) is 0.183. The molecule has 0 aliphatic heterocycles. The van der Waals surface area contributed by atoms with Gasteiger partial charge in [-0.3, -0.25) is 4.57 Å². The van der Waals surface area contributed by atoms with E-state index >= 15 is 0 Å². The molecule has 0 saturated carbocycles. The van der Waals surface area contributed by atoms with Crippen molar-refractivity contribution in [2.24, 2.45) is 5.92 Å². The van der Waals surface area contributed by atoms with Crippen LogP contribution in [0.15, 0.2) is 12.2 Å². The Morgan fingerprint density at radius 2 is 1.61 bits per heavy atom. The second-order valence-electron chi connectivity index (χ2n) is 3.76. The average molecular weight is 280 g/mol. The smallest absolute Gasteiger partial charge is 0.334 e. The zero-order chi connectivity index (χ0) is 14.0. The lowest BCUT2D eigenvalue weighted by atomic mass is 10.1. The summed E-state index contributed by atoms with van der Waals surface area (Å²) in [6.07, 6.45) is 3.64. The van der Waals surface area contributed by atoms with Gasteiger partial charge in [-0.2, -0.15) is 0 Å². The molecule has 0 heterocycles. The molecule has 0 saturated heterocycles. The fourth-order valence-corrected chi connectivity index (χ4v) is 3.01. The zero-order valence-corrected chi connectivity index (χ0v) is 12.8. The molecular weight excluding hydrogens is 255 g/mol. The van der Waals surface area contributed by atoms with Gasteiger partial charge in [0.15, 0.2) is 6.29 Å². The molecule has 0 amide bonds. The van der Waals surface area contributed by atoms with E-state index in [1.54, 1.807) is 34.1 Å². The van der Waals surface area contributed by atoms with E-state index in [4.69, 9.17) is 18.5 Å². The largest absolute Gasteiger partial charge is 0.355 e. The quantitative estimate of drug-likeness (QED) is 0.350. The lowest BCUT2D eigenvalue weighted by Gasteiger charge is -2.18. The van der Waals surface area contributed by atoms with Crippen LogP contribution in [0.2, 0.25) is 0 Å². The van der Waals surface area contributed by atoms with Gasteiger partial charge in [-0.15, -0.1) is 0 Å². The average Bonchev–Trinajstić information content (AvgIpc) is 2.31. The summed E-state index contributed by atoms with van der Waals surface area (Å²) in [5.41, 5.74) is 0. The fourth-order valence-electron chi connectivity index (χ4n) is 1.56. The molecule has 0 aromatic heterocycles. The lowest BCUT2D eigenvalue weighted by Crippen LogP contribution is -2.20. The van der Waals surface area contributed by atoms with Crippen LogP contribution < -0.4 is 0 Å². The molecule has 0 fully saturated rings. The van der Waals surface area contributed by atoms with Crippen LogP contribution in [0, 0.1) is 5.92 Å². The van der Waals surface area contributed by atoms with Crippen molar-refractivity contribution in [1.29, 1.82) is 0 Å². The van der Waals surface area contributed by atoms with Crippen LogP contribution in [-0.2, 0) is 23.1 Å². The summed E-state index contributed by atoms with van der Waals surface area (Å²) in [6, 6.07) is 0. The number of hydrogen-bond donors (Lipinski definition) is 0. The molecule has 0 bridgehead atoms. The van der Waals surface area contributed by atoms with Crippen LogP contribution in [-0.4, -0.2) is 39.9 Å². The monoisotopic (exact) mass is 280 g/mol. The highest BCUT2D eigenvalue weighted by Gasteiger charge is 2.21. The third-order valence-corrected chi connectivity index (χ3v) is 4.28. The molecule has 0 rings (SSSR count). The highest BCUT2D eigenvalue weighted by atomic mass is 31.2. The Kier molecular flexibility index (Phi) is 9.60. The minimum atomic E-state index is -2.99. The molecule has 1 atom stereocenters. The summed E-state index contributed by atoms with van der Waals surface area (Å²) >= 11 is 0. The lowest BCUT2D eigenvalue weighted by molar-refractivity contribution is -0.122. The first-order chi connectivity index (χ1) is 8.52. The minimum absolute atomic E-state index is 0.0664. The van der Waals surface area contributed by atoms with Gasteiger partial charge in [0, 0.05) is 20.1 Å². The molecule has 0 aromatic rings. The van der Waals surface area contributed by atoms with Crippen molar-refractivity contribution < 1.29 is 23.1 Å². The summed E-state index contributed by atoms with van der Waals surface area (Å²) in [4.78, 5) is 0. The maximum Gasteiger partial charge on any atom is 0.334 e. The Balaban J connectivity index is 4.38. The molecule has 0 aromatic carbocycles. The first kappa shape index (κ1) is 17.8. The van der Waals surface area contributed by atoms with E-state index in [0.717, 1.165) is 0 Å². The van der Waals surface area contributed by atoms with Crippen LogP contribution in [0.25, 0.3) is 0 Å². The summed E-state index contributed by atoms with van der Waals surface area (Å²) in [5.74, 6) is 0.0664. The van der Waals surface area contributed by atoms with Crippen molar-refractivity contribution in [3.8, 4) is 0 Å². The van der Waals surface area contributed by atoms with E-state index in [9.17, 15) is 4.57 Å². The van der Waals surface area contributed by atoms with Gasteiger partial charge in [0.05, 0.1) is 19.4 Å². The van der Waals surface area contributed by atoms with E-state index < -0.39 is 7.60 Å². The molecule has 108 valence electrons. The number of ether oxygens (including phenoxy) is 2. The Morgan fingerprint density at radius 3 is 2.00 bits per heavy atom. The van der Waals surface area contributed by atoms with Gasteiger partial charge in [-0.1, -0.05) is 19.1 Å². The molecule has 0 aliphatic carbocycles. The van der Waals surface area contributed by atoms with Gasteiger partial charge < -0.3 is 18.5 Å². The van der Waals surface area contributed by atoms with Crippen molar-refractivity contribution in [2.45, 2.75) is 27.1 Å². The maximum atomic E-state index is 12.1. The van der Waals surface area contributed by atoms with E-state index in [1.165, 1.54) is 0 Å². The fraction of sp³-hybridized carbons (Fsp3) is 0.833. The van der Waals surface area contributed by atoms with Gasteiger partial charge in [0.2, 0.25) is 0 Å². The molecule has 5 nitrogen and oxygen atoms in total. The van der Waals surface area contributed by atoms with Crippen LogP contribution in [0.5, 0.6) is 0 Å². The predicted molar refractivity (Wildman–Crippen MR) is 71.8 cm³/mol. The highest BCUT2D eigenvalue weighted by Crippen LogP contribution is 2.47. The van der Waals surface area contributed by atoms with Gasteiger partial charge in [-0.25, -0.2) is 0 Å². The topological polar surface area (TPSA) is 54.0 Å². The molecular formula is C12H25O5P. The van der Waals surface area contributed by atoms with Crippen LogP contribution in [0.3, 0.4) is 0 Å². The number of methoxy groups -OCH3 is 2. The summed E-state index contributed by atoms with van der Waals surface area (Å²) < 4.78 is 32.8. The van der Waals surface area contributed by atoms with Gasteiger partial charge in [-0.05, 0) is 13.8 Å². The normalized spacial score (nSPS) is 14.6. The second kappa shape index (κ2) is 9.70. The Labute approximate surface area is 110 Å². The van der Waals surface area contributed by atoms with Gasteiger partial charge in [0.1, 0.15) is 0 Å². The van der Waals surface area contributed by atoms with Crippen molar-refractivity contribution in [3.63, 3.8) is 0 Å². The van der Waals surface area contributed by atoms with Crippen LogP contribution in [0.4, 0.5) is 0 Å². The Bertz CT molecular complexity index is 266. The zero-order valence-electron chi connectivity index (χ0n) is 11.9. The van der Waals surface area contributed by atoms with Crippen LogP contribution in [0.1, 0.15) is 20.8 Å². The first-order valence-electron chi connectivity index (χ1n) is 6.13. The van der Waals surface area contributed by atoms with E-state index in [-0.39, 0.29) is 18.4 Å². The maximum absolute atomic E-state index is 12.1. The van der Waals surface area contributed by atoms with Crippen molar-refractivity contribution in [1.82, 2.24) is 0 Å². The molecule has 0 N–H and O–H groups in total. The summed E-state index contributed by atoms with van der Waals surface area (Å²) in [6.45, 7) is 6.30. The number of rotatable bonds is 10. The van der Waals surface area contributed by atoms with E-state index in [0.29, 0.717) is 13.2 Å².